The number of aromatic nitrogens is 5. The van der Waals surface area contributed by atoms with Gasteiger partial charge in [-0.25, -0.2) is 13.8 Å². The quantitative estimate of drug-likeness (QED) is 0.0781. The summed E-state index contributed by atoms with van der Waals surface area (Å²) < 4.78 is 42.5. The van der Waals surface area contributed by atoms with Crippen LogP contribution in [0.1, 0.15) is 24.2 Å². The number of aliphatic hydroxyl groups excluding tert-OH is 2. The van der Waals surface area contributed by atoms with Gasteiger partial charge in [-0.05, 0) is 36.6 Å². The molecule has 1 amide bonds. The predicted molar refractivity (Wildman–Crippen MR) is 172 cm³/mol. The summed E-state index contributed by atoms with van der Waals surface area (Å²) in [5.74, 6) is -1.78. The van der Waals surface area contributed by atoms with Crippen LogP contribution in [-0.4, -0.2) is 74.1 Å². The van der Waals surface area contributed by atoms with E-state index in [1.807, 2.05) is 36.7 Å². The van der Waals surface area contributed by atoms with E-state index in [4.69, 9.17) is 19.6 Å². The monoisotopic (exact) mass is 650 g/mol. The minimum Gasteiger partial charge on any atom is -0.491 e. The summed E-state index contributed by atoms with van der Waals surface area (Å²) in [7, 11) is 3.35. The number of aliphatic hydroxyl groups is 2. The largest absolute Gasteiger partial charge is 0.491 e. The highest BCUT2D eigenvalue weighted by atomic mass is 32.1. The molecule has 4 N–H and O–H groups in total. The first-order chi connectivity index (χ1) is 22.2. The number of H-pyrrole nitrogens is 1. The zero-order valence-corrected chi connectivity index (χ0v) is 26.1. The molecule has 2 atom stereocenters. The number of allylic oxidation sites excluding steroid dienone is 3. The number of benzene rings is 1. The number of aromatic amines is 1. The molecule has 0 bridgehead atoms. The van der Waals surface area contributed by atoms with Crippen molar-refractivity contribution in [2.75, 3.05) is 26.9 Å². The molecule has 0 aliphatic carbocycles. The summed E-state index contributed by atoms with van der Waals surface area (Å²) in [4.78, 5) is 17.3. The van der Waals surface area contributed by atoms with E-state index >= 15 is 4.39 Å². The highest BCUT2D eigenvalue weighted by Gasteiger charge is 2.27. The van der Waals surface area contributed by atoms with Crippen LogP contribution in [0.15, 0.2) is 72.5 Å². The van der Waals surface area contributed by atoms with Crippen molar-refractivity contribution >= 4 is 43.8 Å². The van der Waals surface area contributed by atoms with Crippen LogP contribution in [0.3, 0.4) is 0 Å². The Hall–Kier alpha value is -4.76. The van der Waals surface area contributed by atoms with Gasteiger partial charge < -0.3 is 25.0 Å². The fourth-order valence-corrected chi connectivity index (χ4v) is 5.92. The standard InChI is InChI=1S/C32H32F2N6O5S/c1-17(36-32(43)26(42)16-41)23-14-24(39-38-23)30-28(27(22(34)7-9-33)18(2)45-11-10-44-4)31-21(8-12-46-31)29(37-30)19-5-6-25-20(13-19)15-35-40(25)3/h5-9,12-15,17,26,41-42H,2,10-11,16H2,1,3-4H3,(H,36,43)(H,38,39)/b9-7+,27-22-/t17-,26+/m1/s1. The van der Waals surface area contributed by atoms with Crippen molar-refractivity contribution in [1.29, 1.82) is 0 Å². The second-order valence-corrected chi connectivity index (χ2v) is 11.2. The van der Waals surface area contributed by atoms with Crippen molar-refractivity contribution in [3.8, 4) is 22.6 Å². The zero-order valence-electron chi connectivity index (χ0n) is 25.3. The first-order valence-corrected chi connectivity index (χ1v) is 15.0. The van der Waals surface area contributed by atoms with E-state index in [1.165, 1.54) is 18.4 Å². The fraction of sp³-hybridized carbons (Fsp3) is 0.250. The topological polar surface area (TPSA) is 147 Å². The SMILES string of the molecule is C=C(OCCOC)/C(=C(F)\C=C\F)c1c(-c2cc([C@@H](C)NC(=O)[C@@H](O)CO)[nH]n2)nc(-c2ccc3c(cnn3C)c2)c2ccsc12. The number of halogens is 2. The normalized spacial score (nSPS) is 13.7. The lowest BCUT2D eigenvalue weighted by Gasteiger charge is -2.18. The summed E-state index contributed by atoms with van der Waals surface area (Å²) in [6, 6.07) is 8.66. The molecule has 5 aromatic rings. The molecule has 0 spiro atoms. The molecule has 4 aromatic heterocycles. The number of methoxy groups -OCH3 is 1. The number of pyridine rings is 1. The molecule has 0 saturated carbocycles. The number of amides is 1. The van der Waals surface area contributed by atoms with Crippen LogP contribution < -0.4 is 5.32 Å². The first kappa shape index (κ1) is 32.6. The Balaban J connectivity index is 1.74. The number of carbonyl (C=O) groups is 1. The fourth-order valence-electron chi connectivity index (χ4n) is 4.97. The minimum absolute atomic E-state index is 0.0640. The second kappa shape index (κ2) is 14.1. The van der Waals surface area contributed by atoms with Gasteiger partial charge in [-0.3, -0.25) is 14.6 Å². The van der Waals surface area contributed by atoms with Gasteiger partial charge in [0.15, 0.2) is 6.10 Å². The molecule has 0 aliphatic heterocycles. The lowest BCUT2D eigenvalue weighted by Crippen LogP contribution is -2.38. The summed E-state index contributed by atoms with van der Waals surface area (Å²) in [6.45, 7) is 5.15. The van der Waals surface area contributed by atoms with Gasteiger partial charge in [0.1, 0.15) is 29.6 Å². The predicted octanol–water partition coefficient (Wildman–Crippen LogP) is 5.11. The van der Waals surface area contributed by atoms with Crippen LogP contribution in [0.4, 0.5) is 8.78 Å². The Kier molecular flexibility index (Phi) is 10.0. The highest BCUT2D eigenvalue weighted by Crippen LogP contribution is 2.44. The smallest absolute Gasteiger partial charge is 0.251 e. The summed E-state index contributed by atoms with van der Waals surface area (Å²) >= 11 is 1.33. The number of carbonyl (C=O) groups excluding carboxylic acids is 1. The maximum atomic E-state index is 15.9. The molecule has 0 radical (unpaired) electrons. The average Bonchev–Trinajstić information content (AvgIpc) is 3.81. The molecular weight excluding hydrogens is 618 g/mol. The molecule has 0 fully saturated rings. The van der Waals surface area contributed by atoms with Gasteiger partial charge in [-0.1, -0.05) is 12.6 Å². The van der Waals surface area contributed by atoms with E-state index < -0.39 is 30.5 Å². The molecule has 0 saturated heterocycles. The molecule has 240 valence electrons. The maximum absolute atomic E-state index is 15.9. The zero-order chi connectivity index (χ0) is 33.0. The van der Waals surface area contributed by atoms with Crippen LogP contribution in [0.2, 0.25) is 0 Å². The molecule has 0 aliphatic rings. The van der Waals surface area contributed by atoms with Crippen molar-refractivity contribution in [2.24, 2.45) is 7.05 Å². The minimum atomic E-state index is -1.59. The Morgan fingerprint density at radius 2 is 2.07 bits per heavy atom. The summed E-state index contributed by atoms with van der Waals surface area (Å²) in [5, 5.41) is 36.6. The Morgan fingerprint density at radius 3 is 2.80 bits per heavy atom. The van der Waals surface area contributed by atoms with E-state index in [9.17, 15) is 14.3 Å². The molecule has 46 heavy (non-hydrogen) atoms. The third kappa shape index (κ3) is 6.46. The van der Waals surface area contributed by atoms with Crippen LogP contribution in [0, 0.1) is 0 Å². The van der Waals surface area contributed by atoms with Crippen molar-refractivity contribution in [3.05, 3.63) is 83.7 Å². The third-order valence-corrected chi connectivity index (χ3v) is 8.24. The van der Waals surface area contributed by atoms with Gasteiger partial charge in [0.2, 0.25) is 0 Å². The maximum Gasteiger partial charge on any atom is 0.251 e. The van der Waals surface area contributed by atoms with Gasteiger partial charge in [0, 0.05) is 46.8 Å². The van der Waals surface area contributed by atoms with Gasteiger partial charge in [0.25, 0.3) is 5.91 Å². The number of hydrogen-bond acceptors (Lipinski definition) is 9. The molecule has 11 nitrogen and oxygen atoms in total. The van der Waals surface area contributed by atoms with Crippen molar-refractivity contribution in [2.45, 2.75) is 19.1 Å². The van der Waals surface area contributed by atoms with E-state index in [1.54, 1.807) is 23.9 Å². The van der Waals surface area contributed by atoms with E-state index in [0.717, 1.165) is 16.5 Å². The number of nitrogens with one attached hydrogen (secondary N) is 2. The first-order valence-electron chi connectivity index (χ1n) is 14.1. The number of nitrogens with zero attached hydrogens (tertiary/aromatic N) is 4. The van der Waals surface area contributed by atoms with Gasteiger partial charge >= 0.3 is 0 Å². The molecule has 1 aromatic carbocycles. The Bertz CT molecular complexity index is 1960. The number of thiophene rings is 1. The number of fused-ring (bicyclic) bond motifs is 2. The lowest BCUT2D eigenvalue weighted by molar-refractivity contribution is -0.131. The van der Waals surface area contributed by atoms with Crippen LogP contribution in [-0.2, 0) is 21.3 Å². The van der Waals surface area contributed by atoms with E-state index in [2.05, 4.69) is 27.2 Å². The molecule has 5 rings (SSSR count). The van der Waals surface area contributed by atoms with Gasteiger partial charge in [0.05, 0.1) is 54.3 Å². The molecular formula is C32H32F2N6O5S. The number of hydrogen-bond donors (Lipinski definition) is 4. The van der Waals surface area contributed by atoms with Crippen molar-refractivity contribution in [1.82, 2.24) is 30.3 Å². The van der Waals surface area contributed by atoms with Crippen molar-refractivity contribution in [3.63, 3.8) is 0 Å². The van der Waals surface area contributed by atoms with Crippen LogP contribution in [0.25, 0.3) is 49.2 Å². The average molecular weight is 651 g/mol. The number of ether oxygens (including phenoxy) is 2. The van der Waals surface area contributed by atoms with Crippen LogP contribution >= 0.6 is 11.3 Å². The van der Waals surface area contributed by atoms with Gasteiger partial charge in [-0.2, -0.15) is 10.2 Å². The summed E-state index contributed by atoms with van der Waals surface area (Å²) in [6.07, 6.45) is 0.922. The lowest BCUT2D eigenvalue weighted by atomic mass is 9.95. The highest BCUT2D eigenvalue weighted by molar-refractivity contribution is 7.17. The van der Waals surface area contributed by atoms with E-state index in [0.29, 0.717) is 27.6 Å². The molecule has 4 heterocycles. The third-order valence-electron chi connectivity index (χ3n) is 7.31. The van der Waals surface area contributed by atoms with Gasteiger partial charge in [-0.15, -0.1) is 11.3 Å². The van der Waals surface area contributed by atoms with Crippen molar-refractivity contribution < 1.29 is 33.3 Å². The molecule has 0 unspecified atom stereocenters. The number of rotatable bonds is 13. The van der Waals surface area contributed by atoms with E-state index in [-0.39, 0.29) is 47.8 Å². The molecule has 14 heteroatoms. The Labute approximate surface area is 266 Å². The Morgan fingerprint density at radius 1 is 1.26 bits per heavy atom. The summed E-state index contributed by atoms with van der Waals surface area (Å²) in [5.41, 5.74) is 3.41. The number of aryl methyl sites for hydroxylation is 1. The van der Waals surface area contributed by atoms with Crippen LogP contribution in [0.5, 0.6) is 0 Å². The second-order valence-electron chi connectivity index (χ2n) is 10.3.